The van der Waals surface area contributed by atoms with Crippen LogP contribution in [0.1, 0.15) is 0 Å². The number of hydrogen-bond donors (Lipinski definition) is 0. The molecule has 0 aromatic heterocycles. The van der Waals surface area contributed by atoms with Crippen LogP contribution in [0.4, 0.5) is 0 Å². The Labute approximate surface area is 79.0 Å². The van der Waals surface area contributed by atoms with Gasteiger partial charge in [-0.05, 0) is 0 Å². The summed E-state index contributed by atoms with van der Waals surface area (Å²) < 4.78 is 0. The molecule has 0 amide bonds. The van der Waals surface area contributed by atoms with Crippen LogP contribution in [0.3, 0.4) is 0 Å². The van der Waals surface area contributed by atoms with Gasteiger partial charge in [-0.25, -0.2) is 4.99 Å². The first-order valence-corrected chi connectivity index (χ1v) is 4.08. The maximum Gasteiger partial charge on any atom is 0.185 e. The summed E-state index contributed by atoms with van der Waals surface area (Å²) in [5, 5.41) is -0.0326. The third-order valence-corrected chi connectivity index (χ3v) is 2.27. The minimum absolute atomic E-state index is 0.0326. The fraction of sp³-hybridized carbons (Fsp3) is 0.250. The monoisotopic (exact) mass is 196 g/mol. The zero-order valence-corrected chi connectivity index (χ0v) is 7.23. The summed E-state index contributed by atoms with van der Waals surface area (Å²) in [6.45, 7) is 0. The molecule has 0 aromatic carbocycles. The smallest absolute Gasteiger partial charge is 0.185 e. The Balaban J connectivity index is 2.45. The number of Topliss-reactive ketones (excluding diaryl/α,β-unsaturated/α-hetero) is 1. The van der Waals surface area contributed by atoms with Crippen LogP contribution < -0.4 is 0 Å². The lowest BCUT2D eigenvalue weighted by molar-refractivity contribution is -0.124. The van der Waals surface area contributed by atoms with Gasteiger partial charge in [-0.3, -0.25) is 14.6 Å². The summed E-state index contributed by atoms with van der Waals surface area (Å²) in [6, 6.07) is -0.646. The Morgan fingerprint density at radius 3 is 2.92 bits per heavy atom. The summed E-state index contributed by atoms with van der Waals surface area (Å²) in [6.07, 6.45) is 3.81. The predicted molar refractivity (Wildman–Crippen MR) is 48.2 cm³/mol. The summed E-state index contributed by atoms with van der Waals surface area (Å²) >= 11 is 5.56. The Hall–Kier alpha value is -1.29. The van der Waals surface area contributed by atoms with Gasteiger partial charge in [0.25, 0.3) is 0 Å². The van der Waals surface area contributed by atoms with E-state index in [0.717, 1.165) is 6.08 Å². The predicted octanol–water partition coefficient (Wildman–Crippen LogP) is 0.358. The van der Waals surface area contributed by atoms with Crippen molar-refractivity contribution in [1.29, 1.82) is 0 Å². The molecule has 1 heterocycles. The van der Waals surface area contributed by atoms with Crippen LogP contribution in [0.5, 0.6) is 0 Å². The molecule has 66 valence electrons. The summed E-state index contributed by atoms with van der Waals surface area (Å²) in [7, 11) is 0. The third kappa shape index (κ3) is 1.23. The number of halogens is 1. The SMILES string of the molecule is O=C1C(Cl)=CC(=O)C2N=CN=CC12. The molecule has 0 N–H and O–H groups in total. The molecule has 2 rings (SSSR count). The van der Waals surface area contributed by atoms with Gasteiger partial charge < -0.3 is 0 Å². The Kier molecular flexibility index (Phi) is 1.84. The van der Waals surface area contributed by atoms with E-state index in [-0.39, 0.29) is 16.6 Å². The van der Waals surface area contributed by atoms with Crippen LogP contribution in [-0.2, 0) is 9.59 Å². The maximum absolute atomic E-state index is 11.4. The van der Waals surface area contributed by atoms with E-state index < -0.39 is 12.0 Å². The van der Waals surface area contributed by atoms with Crippen molar-refractivity contribution in [2.45, 2.75) is 6.04 Å². The number of rotatable bonds is 0. The van der Waals surface area contributed by atoms with Crippen LogP contribution in [0.25, 0.3) is 0 Å². The van der Waals surface area contributed by atoms with Gasteiger partial charge in [-0.15, -0.1) is 0 Å². The van der Waals surface area contributed by atoms with Gasteiger partial charge in [0.15, 0.2) is 11.6 Å². The lowest BCUT2D eigenvalue weighted by Crippen LogP contribution is -2.39. The van der Waals surface area contributed by atoms with Crippen molar-refractivity contribution < 1.29 is 9.59 Å². The molecule has 0 saturated carbocycles. The first-order valence-electron chi connectivity index (χ1n) is 3.70. The van der Waals surface area contributed by atoms with E-state index in [1.165, 1.54) is 12.6 Å². The molecular formula is C8H5ClN2O2. The van der Waals surface area contributed by atoms with Gasteiger partial charge in [0.1, 0.15) is 12.4 Å². The zero-order valence-electron chi connectivity index (χ0n) is 6.48. The van der Waals surface area contributed by atoms with Crippen molar-refractivity contribution in [2.24, 2.45) is 15.9 Å². The second kappa shape index (κ2) is 2.88. The molecule has 1 aliphatic carbocycles. The molecule has 0 radical (unpaired) electrons. The molecule has 0 spiro atoms. The molecule has 0 bridgehead atoms. The summed E-state index contributed by atoms with van der Waals surface area (Å²) in [5.74, 6) is -1.13. The zero-order chi connectivity index (χ0) is 9.42. The molecule has 5 heteroatoms. The van der Waals surface area contributed by atoms with E-state index in [2.05, 4.69) is 9.98 Å². The van der Waals surface area contributed by atoms with E-state index in [9.17, 15) is 9.59 Å². The lowest BCUT2D eigenvalue weighted by atomic mass is 9.88. The molecule has 0 aromatic rings. The van der Waals surface area contributed by atoms with Crippen molar-refractivity contribution >= 4 is 35.7 Å². The van der Waals surface area contributed by atoms with Gasteiger partial charge in [0, 0.05) is 12.3 Å². The normalized spacial score (nSPS) is 31.6. The molecule has 4 nitrogen and oxygen atoms in total. The second-order valence-corrected chi connectivity index (χ2v) is 3.20. The van der Waals surface area contributed by atoms with E-state index in [4.69, 9.17) is 11.6 Å². The van der Waals surface area contributed by atoms with Gasteiger partial charge in [-0.1, -0.05) is 11.6 Å². The van der Waals surface area contributed by atoms with Gasteiger partial charge in [-0.2, -0.15) is 0 Å². The van der Waals surface area contributed by atoms with E-state index in [1.807, 2.05) is 0 Å². The average molecular weight is 197 g/mol. The van der Waals surface area contributed by atoms with Crippen molar-refractivity contribution in [3.63, 3.8) is 0 Å². The standard InChI is InChI=1S/C8H5ClN2O2/c9-5-1-6(12)7-4(8(5)13)2-10-3-11-7/h1-4,7H. The van der Waals surface area contributed by atoms with Crippen LogP contribution >= 0.6 is 11.6 Å². The number of allylic oxidation sites excluding steroid dienone is 1. The number of ketones is 2. The average Bonchev–Trinajstić information content (AvgIpc) is 2.15. The lowest BCUT2D eigenvalue weighted by Gasteiger charge is -2.22. The minimum Gasteiger partial charge on any atom is -0.292 e. The molecule has 0 saturated heterocycles. The van der Waals surface area contributed by atoms with Crippen molar-refractivity contribution in [1.82, 2.24) is 0 Å². The number of carbonyl (C=O) groups excluding carboxylic acids is 2. The van der Waals surface area contributed by atoms with Gasteiger partial charge in [0.05, 0.1) is 11.0 Å². The molecule has 2 atom stereocenters. The highest BCUT2D eigenvalue weighted by atomic mass is 35.5. The van der Waals surface area contributed by atoms with Crippen LogP contribution in [-0.4, -0.2) is 30.2 Å². The molecule has 2 unspecified atom stereocenters. The van der Waals surface area contributed by atoms with E-state index in [1.54, 1.807) is 0 Å². The van der Waals surface area contributed by atoms with Gasteiger partial charge >= 0.3 is 0 Å². The number of hydrogen-bond acceptors (Lipinski definition) is 4. The van der Waals surface area contributed by atoms with E-state index in [0.29, 0.717) is 0 Å². The Bertz CT molecular complexity index is 370. The molecule has 13 heavy (non-hydrogen) atoms. The Morgan fingerprint density at radius 1 is 1.38 bits per heavy atom. The highest BCUT2D eigenvalue weighted by Gasteiger charge is 2.37. The Morgan fingerprint density at radius 2 is 2.15 bits per heavy atom. The summed E-state index contributed by atoms with van der Waals surface area (Å²) in [5.41, 5.74) is 0. The maximum atomic E-state index is 11.4. The highest BCUT2D eigenvalue weighted by Crippen LogP contribution is 2.23. The van der Waals surface area contributed by atoms with Gasteiger partial charge in [0.2, 0.25) is 0 Å². The van der Waals surface area contributed by atoms with Crippen LogP contribution in [0.15, 0.2) is 21.1 Å². The van der Waals surface area contributed by atoms with Crippen LogP contribution in [0.2, 0.25) is 0 Å². The van der Waals surface area contributed by atoms with Crippen molar-refractivity contribution in [2.75, 3.05) is 0 Å². The van der Waals surface area contributed by atoms with Crippen molar-refractivity contribution in [3.8, 4) is 0 Å². The topological polar surface area (TPSA) is 58.9 Å². The first-order chi connectivity index (χ1) is 6.20. The van der Waals surface area contributed by atoms with E-state index >= 15 is 0 Å². The molecule has 1 aliphatic heterocycles. The molecule has 0 fully saturated rings. The fourth-order valence-electron chi connectivity index (χ4n) is 1.32. The summed E-state index contributed by atoms with van der Waals surface area (Å²) in [4.78, 5) is 30.2. The largest absolute Gasteiger partial charge is 0.292 e. The number of nitrogens with zero attached hydrogens (tertiary/aromatic N) is 2. The quantitative estimate of drug-likeness (QED) is 0.562. The fourth-order valence-corrected chi connectivity index (χ4v) is 1.55. The highest BCUT2D eigenvalue weighted by molar-refractivity contribution is 6.46. The third-order valence-electron chi connectivity index (χ3n) is 1.98. The number of carbonyl (C=O) groups is 2. The number of fused-ring (bicyclic) bond motifs is 1. The minimum atomic E-state index is -0.646. The number of aliphatic imine (C=N–C) groups is 2. The molecular weight excluding hydrogens is 192 g/mol. The van der Waals surface area contributed by atoms with Crippen molar-refractivity contribution in [3.05, 3.63) is 11.1 Å². The van der Waals surface area contributed by atoms with Crippen LogP contribution in [0, 0.1) is 5.92 Å². The first kappa shape index (κ1) is 8.31. The molecule has 2 aliphatic rings. The second-order valence-electron chi connectivity index (χ2n) is 2.79.